The Bertz CT molecular complexity index is 327. The van der Waals surface area contributed by atoms with Gasteiger partial charge in [0.25, 0.3) is 0 Å². The van der Waals surface area contributed by atoms with E-state index in [4.69, 9.17) is 16.7 Å². The molecule has 1 rings (SSSR count). The van der Waals surface area contributed by atoms with Crippen LogP contribution in [0.1, 0.15) is 10.9 Å². The van der Waals surface area contributed by atoms with E-state index in [0.717, 1.165) is 5.56 Å². The van der Waals surface area contributed by atoms with Crippen molar-refractivity contribution < 1.29 is 9.90 Å². The number of hydrogen-bond acceptors (Lipinski definition) is 2. The third kappa shape index (κ3) is 2.94. The first-order valence-corrected chi connectivity index (χ1v) is 5.06. The van der Waals surface area contributed by atoms with Gasteiger partial charge in [-0.15, -0.1) is 11.6 Å². The van der Waals surface area contributed by atoms with Crippen LogP contribution in [0.25, 0.3) is 0 Å². The third-order valence-electron chi connectivity index (χ3n) is 2.20. The van der Waals surface area contributed by atoms with Gasteiger partial charge in [0, 0.05) is 0 Å². The van der Waals surface area contributed by atoms with Crippen molar-refractivity contribution in [1.29, 1.82) is 0 Å². The van der Waals surface area contributed by atoms with Crippen LogP contribution in [0, 0.1) is 0 Å². The van der Waals surface area contributed by atoms with Crippen molar-refractivity contribution in [3.8, 4) is 0 Å². The van der Waals surface area contributed by atoms with Gasteiger partial charge in [0.1, 0.15) is 6.04 Å². The summed E-state index contributed by atoms with van der Waals surface area (Å²) >= 11 is 6.14. The van der Waals surface area contributed by atoms with Crippen LogP contribution in [-0.4, -0.2) is 36.1 Å². The Morgan fingerprint density at radius 3 is 2.27 bits per heavy atom. The highest BCUT2D eigenvalue weighted by Crippen LogP contribution is 2.26. The number of carboxylic acid groups (broad SMARTS) is 1. The van der Waals surface area contributed by atoms with Gasteiger partial charge < -0.3 is 5.11 Å². The molecule has 1 aromatic carbocycles. The van der Waals surface area contributed by atoms with Crippen LogP contribution in [0.4, 0.5) is 0 Å². The number of aliphatic carboxylic acids is 1. The van der Waals surface area contributed by atoms with Crippen molar-refractivity contribution in [3.63, 3.8) is 0 Å². The number of carbonyl (C=O) groups is 1. The molecule has 0 bridgehead atoms. The SMILES string of the molecule is CN(C)[C@H](C(=O)O)C(Cl)c1ccccc1. The number of rotatable bonds is 4. The second-order valence-corrected chi connectivity index (χ2v) is 4.03. The number of carboxylic acids is 1. The highest BCUT2D eigenvalue weighted by Gasteiger charge is 2.29. The quantitative estimate of drug-likeness (QED) is 0.800. The van der Waals surface area contributed by atoms with Gasteiger partial charge in [0.15, 0.2) is 0 Å². The van der Waals surface area contributed by atoms with E-state index < -0.39 is 17.4 Å². The van der Waals surface area contributed by atoms with Crippen molar-refractivity contribution in [1.82, 2.24) is 4.90 Å². The molecule has 0 heterocycles. The molecule has 2 atom stereocenters. The highest BCUT2D eigenvalue weighted by atomic mass is 35.5. The summed E-state index contributed by atoms with van der Waals surface area (Å²) in [4.78, 5) is 12.6. The zero-order valence-corrected chi connectivity index (χ0v) is 9.48. The van der Waals surface area contributed by atoms with Crippen LogP contribution >= 0.6 is 11.6 Å². The zero-order valence-electron chi connectivity index (χ0n) is 8.72. The lowest BCUT2D eigenvalue weighted by Crippen LogP contribution is -2.39. The Morgan fingerprint density at radius 1 is 1.33 bits per heavy atom. The lowest BCUT2D eigenvalue weighted by molar-refractivity contribution is -0.142. The molecule has 15 heavy (non-hydrogen) atoms. The molecule has 82 valence electrons. The van der Waals surface area contributed by atoms with E-state index >= 15 is 0 Å². The predicted octanol–water partition coefficient (Wildman–Crippen LogP) is 1.98. The molecule has 0 amide bonds. The average molecular weight is 228 g/mol. The minimum atomic E-state index is -0.913. The molecule has 1 N–H and O–H groups in total. The smallest absolute Gasteiger partial charge is 0.322 e. The van der Waals surface area contributed by atoms with E-state index in [-0.39, 0.29) is 0 Å². The molecule has 0 aliphatic rings. The van der Waals surface area contributed by atoms with Gasteiger partial charge in [-0.25, -0.2) is 0 Å². The summed E-state index contributed by atoms with van der Waals surface area (Å²) < 4.78 is 0. The van der Waals surface area contributed by atoms with Crippen LogP contribution in [0.3, 0.4) is 0 Å². The number of likely N-dealkylation sites (N-methyl/N-ethyl adjacent to an activating group) is 1. The Morgan fingerprint density at radius 2 is 1.87 bits per heavy atom. The van der Waals surface area contributed by atoms with E-state index in [9.17, 15) is 4.79 Å². The fraction of sp³-hybridized carbons (Fsp3) is 0.364. The van der Waals surface area contributed by atoms with E-state index in [0.29, 0.717) is 0 Å². The minimum absolute atomic E-state index is 0.543. The zero-order chi connectivity index (χ0) is 11.4. The number of hydrogen-bond donors (Lipinski definition) is 1. The average Bonchev–Trinajstić information content (AvgIpc) is 2.18. The Hall–Kier alpha value is -1.06. The minimum Gasteiger partial charge on any atom is -0.480 e. The van der Waals surface area contributed by atoms with Crippen LogP contribution in [0.2, 0.25) is 0 Å². The summed E-state index contributed by atoms with van der Waals surface area (Å²) in [5, 5.41) is 8.51. The van der Waals surface area contributed by atoms with Gasteiger partial charge in [-0.05, 0) is 19.7 Å². The maximum Gasteiger partial charge on any atom is 0.322 e. The number of alkyl halides is 1. The Labute approximate surface area is 94.3 Å². The van der Waals surface area contributed by atoms with Crippen molar-refractivity contribution in [2.24, 2.45) is 0 Å². The van der Waals surface area contributed by atoms with E-state index in [1.807, 2.05) is 30.3 Å². The molecular formula is C11H14ClNO2. The second-order valence-electron chi connectivity index (χ2n) is 3.56. The normalized spacial score (nSPS) is 14.9. The molecule has 1 aromatic rings. The largest absolute Gasteiger partial charge is 0.480 e. The summed E-state index contributed by atoms with van der Waals surface area (Å²) in [5.41, 5.74) is 0.820. The summed E-state index contributed by atoms with van der Waals surface area (Å²) in [6, 6.07) is 8.51. The van der Waals surface area contributed by atoms with Crippen molar-refractivity contribution in [3.05, 3.63) is 35.9 Å². The summed E-state index contributed by atoms with van der Waals surface area (Å²) in [6.45, 7) is 0. The van der Waals surface area contributed by atoms with Crippen LogP contribution < -0.4 is 0 Å². The van der Waals surface area contributed by atoms with Gasteiger partial charge in [0.2, 0.25) is 0 Å². The fourth-order valence-corrected chi connectivity index (χ4v) is 1.91. The summed E-state index contributed by atoms with van der Waals surface area (Å²) in [7, 11) is 3.41. The molecule has 3 nitrogen and oxygen atoms in total. The topological polar surface area (TPSA) is 40.5 Å². The van der Waals surface area contributed by atoms with Crippen LogP contribution in [0.5, 0.6) is 0 Å². The summed E-state index contributed by atoms with van der Waals surface area (Å²) in [6.07, 6.45) is 0. The fourth-order valence-electron chi connectivity index (χ4n) is 1.43. The second kappa shape index (κ2) is 5.14. The molecule has 0 aliphatic heterocycles. The first kappa shape index (κ1) is 12.0. The lowest BCUT2D eigenvalue weighted by Gasteiger charge is -2.24. The highest BCUT2D eigenvalue weighted by molar-refractivity contribution is 6.22. The maximum atomic E-state index is 11.0. The number of halogens is 1. The van der Waals surface area contributed by atoms with E-state index in [2.05, 4.69) is 0 Å². The first-order chi connectivity index (χ1) is 7.04. The molecule has 0 fully saturated rings. The molecule has 0 radical (unpaired) electrons. The van der Waals surface area contributed by atoms with E-state index in [1.54, 1.807) is 19.0 Å². The number of nitrogens with zero attached hydrogens (tertiary/aromatic N) is 1. The van der Waals surface area contributed by atoms with Crippen LogP contribution in [0.15, 0.2) is 30.3 Å². The van der Waals surface area contributed by atoms with Gasteiger partial charge in [-0.1, -0.05) is 30.3 Å². The molecule has 1 unspecified atom stereocenters. The lowest BCUT2D eigenvalue weighted by atomic mass is 10.0. The van der Waals surface area contributed by atoms with Crippen molar-refractivity contribution >= 4 is 17.6 Å². The molecule has 0 saturated carbocycles. The first-order valence-electron chi connectivity index (χ1n) is 4.62. The van der Waals surface area contributed by atoms with Crippen LogP contribution in [-0.2, 0) is 4.79 Å². The molecule has 0 aromatic heterocycles. The van der Waals surface area contributed by atoms with Gasteiger partial charge in [-0.2, -0.15) is 0 Å². The van der Waals surface area contributed by atoms with E-state index in [1.165, 1.54) is 0 Å². The molecule has 4 heteroatoms. The van der Waals surface area contributed by atoms with Gasteiger partial charge in [0.05, 0.1) is 5.38 Å². The van der Waals surface area contributed by atoms with Crippen molar-refractivity contribution in [2.75, 3.05) is 14.1 Å². The third-order valence-corrected chi connectivity index (χ3v) is 2.70. The van der Waals surface area contributed by atoms with Gasteiger partial charge >= 0.3 is 5.97 Å². The maximum absolute atomic E-state index is 11.0. The Balaban J connectivity index is 2.91. The summed E-state index contributed by atoms with van der Waals surface area (Å²) in [5.74, 6) is -0.913. The van der Waals surface area contributed by atoms with Gasteiger partial charge in [-0.3, -0.25) is 9.69 Å². The standard InChI is InChI=1S/C11H14ClNO2/c1-13(2)10(11(14)15)9(12)8-6-4-3-5-7-8/h3-7,9-10H,1-2H3,(H,14,15)/t9?,10-/m0/s1. The predicted molar refractivity (Wildman–Crippen MR) is 60.1 cm³/mol. The molecular weight excluding hydrogens is 214 g/mol. The molecule has 0 saturated heterocycles. The van der Waals surface area contributed by atoms with Crippen molar-refractivity contribution in [2.45, 2.75) is 11.4 Å². The molecule has 0 aliphatic carbocycles. The number of benzene rings is 1. The Kier molecular flexibility index (Phi) is 4.12. The molecule has 0 spiro atoms. The monoisotopic (exact) mass is 227 g/mol.